The highest BCUT2D eigenvalue weighted by Crippen LogP contribution is 2.23. The molecule has 0 fully saturated rings. The Morgan fingerprint density at radius 2 is 1.97 bits per heavy atom. The number of amides is 1. The number of hydrogen-bond acceptors (Lipinski definition) is 5. The van der Waals surface area contributed by atoms with Crippen molar-refractivity contribution in [3.63, 3.8) is 0 Å². The number of carbonyl (C=O) groups is 1. The Kier molecular flexibility index (Phi) is 6.52. The van der Waals surface area contributed by atoms with E-state index in [1.54, 1.807) is 19.1 Å². The number of aryl methyl sites for hydroxylation is 2. The van der Waals surface area contributed by atoms with Gasteiger partial charge in [-0.3, -0.25) is 9.52 Å². The molecular weight excluding hydrogens is 425 g/mol. The Morgan fingerprint density at radius 3 is 2.60 bits per heavy atom. The van der Waals surface area contributed by atoms with E-state index < -0.39 is 15.8 Å². The van der Waals surface area contributed by atoms with Gasteiger partial charge in [-0.1, -0.05) is 19.1 Å². The molecule has 1 unspecified atom stereocenters. The summed E-state index contributed by atoms with van der Waals surface area (Å²) in [4.78, 5) is 16.9. The number of thiazole rings is 1. The van der Waals surface area contributed by atoms with Crippen molar-refractivity contribution in [1.29, 1.82) is 0 Å². The van der Waals surface area contributed by atoms with Crippen molar-refractivity contribution < 1.29 is 17.6 Å². The Hall–Kier alpha value is -2.78. The summed E-state index contributed by atoms with van der Waals surface area (Å²) in [6.45, 7) is 5.40. The molecular formula is C21H22FN3O3S2. The maximum Gasteiger partial charge on any atom is 0.261 e. The fourth-order valence-electron chi connectivity index (χ4n) is 2.79. The average Bonchev–Trinajstić information content (AvgIpc) is 3.14. The summed E-state index contributed by atoms with van der Waals surface area (Å²) in [5.74, 6) is -0.939. The van der Waals surface area contributed by atoms with E-state index in [1.165, 1.54) is 35.6 Å². The lowest BCUT2D eigenvalue weighted by Gasteiger charge is -2.15. The van der Waals surface area contributed by atoms with Gasteiger partial charge in [0.2, 0.25) is 0 Å². The van der Waals surface area contributed by atoms with Gasteiger partial charge in [-0.05, 0) is 56.2 Å². The van der Waals surface area contributed by atoms with Crippen molar-refractivity contribution in [2.24, 2.45) is 0 Å². The van der Waals surface area contributed by atoms with Crippen LogP contribution in [-0.4, -0.2) is 19.3 Å². The zero-order chi connectivity index (χ0) is 21.9. The Labute approximate surface area is 179 Å². The average molecular weight is 448 g/mol. The van der Waals surface area contributed by atoms with E-state index in [1.807, 2.05) is 19.2 Å². The minimum atomic E-state index is -3.99. The van der Waals surface area contributed by atoms with E-state index in [0.29, 0.717) is 17.5 Å². The highest BCUT2D eigenvalue weighted by Gasteiger charge is 2.19. The molecule has 1 amide bonds. The molecule has 0 aliphatic rings. The van der Waals surface area contributed by atoms with Crippen molar-refractivity contribution in [3.05, 3.63) is 75.5 Å². The summed E-state index contributed by atoms with van der Waals surface area (Å²) in [5, 5.41) is 5.68. The van der Waals surface area contributed by atoms with E-state index >= 15 is 0 Å². The van der Waals surface area contributed by atoms with Crippen LogP contribution in [0.25, 0.3) is 0 Å². The molecule has 1 heterocycles. The highest BCUT2D eigenvalue weighted by molar-refractivity contribution is 7.92. The molecule has 0 aliphatic carbocycles. The lowest BCUT2D eigenvalue weighted by atomic mass is 10.1. The number of carbonyl (C=O) groups excluding carboxylic acids is 1. The monoisotopic (exact) mass is 447 g/mol. The van der Waals surface area contributed by atoms with E-state index in [9.17, 15) is 17.6 Å². The van der Waals surface area contributed by atoms with Crippen LogP contribution >= 0.6 is 11.3 Å². The van der Waals surface area contributed by atoms with Crippen molar-refractivity contribution in [2.45, 2.75) is 38.1 Å². The minimum absolute atomic E-state index is 0.189. The normalized spacial score (nSPS) is 12.4. The maximum absolute atomic E-state index is 13.8. The molecule has 0 aliphatic heterocycles. The predicted molar refractivity (Wildman–Crippen MR) is 116 cm³/mol. The van der Waals surface area contributed by atoms with Gasteiger partial charge in [0.05, 0.1) is 10.9 Å². The SMILES string of the molecule is CCC(NC(=O)c1cccc(NS(=O)(=O)c2ccc(C)c(F)c2)c1)c1nc(C)cs1. The Balaban J connectivity index is 1.78. The summed E-state index contributed by atoms with van der Waals surface area (Å²) < 4.78 is 41.3. The smallest absolute Gasteiger partial charge is 0.261 e. The van der Waals surface area contributed by atoms with Crippen LogP contribution in [-0.2, 0) is 10.0 Å². The standard InChI is InChI=1S/C21H22FN3O3S2/c1-4-19(21-23-14(3)12-29-21)24-20(26)15-6-5-7-16(10-15)25-30(27,28)17-9-8-13(2)18(22)11-17/h5-12,19,25H,4H2,1-3H3,(H,24,26). The van der Waals surface area contributed by atoms with E-state index in [0.717, 1.165) is 16.8 Å². The molecule has 3 rings (SSSR count). The Morgan fingerprint density at radius 1 is 1.20 bits per heavy atom. The maximum atomic E-state index is 13.8. The summed E-state index contributed by atoms with van der Waals surface area (Å²) in [6, 6.07) is 9.62. The van der Waals surface area contributed by atoms with Crippen LogP contribution in [0, 0.1) is 19.7 Å². The molecule has 0 saturated heterocycles. The lowest BCUT2D eigenvalue weighted by molar-refractivity contribution is 0.0935. The third-order valence-corrected chi connectivity index (χ3v) is 6.93. The molecule has 30 heavy (non-hydrogen) atoms. The van der Waals surface area contributed by atoms with Gasteiger partial charge < -0.3 is 5.32 Å². The first-order chi connectivity index (χ1) is 14.2. The number of nitrogens with one attached hydrogen (secondary N) is 2. The third kappa shape index (κ3) is 5.03. The molecule has 1 atom stereocenters. The van der Waals surface area contributed by atoms with Crippen molar-refractivity contribution >= 4 is 33.0 Å². The van der Waals surface area contributed by atoms with Gasteiger partial charge in [0.25, 0.3) is 15.9 Å². The van der Waals surface area contributed by atoms with Crippen molar-refractivity contribution in [2.75, 3.05) is 4.72 Å². The second-order valence-electron chi connectivity index (χ2n) is 6.86. The number of halogens is 1. The largest absolute Gasteiger partial charge is 0.343 e. The molecule has 158 valence electrons. The number of anilines is 1. The first-order valence-corrected chi connectivity index (χ1v) is 11.7. The van der Waals surface area contributed by atoms with Crippen LogP contribution < -0.4 is 10.0 Å². The fourth-order valence-corrected chi connectivity index (χ4v) is 4.78. The number of hydrogen-bond donors (Lipinski definition) is 2. The predicted octanol–water partition coefficient (Wildman–Crippen LogP) is 4.58. The van der Waals surface area contributed by atoms with Crippen molar-refractivity contribution in [1.82, 2.24) is 10.3 Å². The number of benzene rings is 2. The van der Waals surface area contributed by atoms with E-state index in [-0.39, 0.29) is 22.5 Å². The number of aromatic nitrogens is 1. The summed E-state index contributed by atoms with van der Waals surface area (Å²) in [6.07, 6.45) is 0.671. The fraction of sp³-hybridized carbons (Fsp3) is 0.238. The van der Waals surface area contributed by atoms with Crippen molar-refractivity contribution in [3.8, 4) is 0 Å². The van der Waals surface area contributed by atoms with Crippen LogP contribution in [0.2, 0.25) is 0 Å². The van der Waals surface area contributed by atoms with Gasteiger partial charge in [0.1, 0.15) is 10.8 Å². The molecule has 3 aromatic rings. The second-order valence-corrected chi connectivity index (χ2v) is 9.43. The summed E-state index contributed by atoms with van der Waals surface area (Å²) >= 11 is 1.48. The molecule has 2 aromatic carbocycles. The molecule has 0 bridgehead atoms. The van der Waals surface area contributed by atoms with Gasteiger partial charge in [0.15, 0.2) is 0 Å². The number of sulfonamides is 1. The van der Waals surface area contributed by atoms with Crippen LogP contribution in [0.3, 0.4) is 0 Å². The third-order valence-electron chi connectivity index (χ3n) is 4.48. The minimum Gasteiger partial charge on any atom is -0.343 e. The van der Waals surface area contributed by atoms with Crippen LogP contribution in [0.1, 0.15) is 46.0 Å². The second kappa shape index (κ2) is 8.93. The van der Waals surface area contributed by atoms with Gasteiger partial charge in [-0.15, -0.1) is 11.3 Å². The molecule has 9 heteroatoms. The summed E-state index contributed by atoms with van der Waals surface area (Å²) in [7, 11) is -3.99. The lowest BCUT2D eigenvalue weighted by Crippen LogP contribution is -2.28. The first kappa shape index (κ1) is 21.9. The Bertz CT molecular complexity index is 1180. The molecule has 0 radical (unpaired) electrons. The van der Waals surface area contributed by atoms with E-state index in [4.69, 9.17) is 0 Å². The topological polar surface area (TPSA) is 88.2 Å². The molecule has 1 aromatic heterocycles. The molecule has 2 N–H and O–H groups in total. The van der Waals surface area contributed by atoms with Gasteiger partial charge in [-0.25, -0.2) is 17.8 Å². The zero-order valence-electron chi connectivity index (χ0n) is 16.8. The van der Waals surface area contributed by atoms with E-state index in [2.05, 4.69) is 15.0 Å². The van der Waals surface area contributed by atoms with Crippen LogP contribution in [0.4, 0.5) is 10.1 Å². The first-order valence-electron chi connectivity index (χ1n) is 9.31. The number of rotatable bonds is 7. The van der Waals surface area contributed by atoms with Gasteiger partial charge in [-0.2, -0.15) is 0 Å². The quantitative estimate of drug-likeness (QED) is 0.555. The van der Waals surface area contributed by atoms with Crippen LogP contribution in [0.15, 0.2) is 52.7 Å². The zero-order valence-corrected chi connectivity index (χ0v) is 18.4. The summed E-state index contributed by atoms with van der Waals surface area (Å²) in [5.41, 5.74) is 1.76. The van der Waals surface area contributed by atoms with Crippen LogP contribution in [0.5, 0.6) is 0 Å². The molecule has 0 spiro atoms. The highest BCUT2D eigenvalue weighted by atomic mass is 32.2. The van der Waals surface area contributed by atoms with Gasteiger partial charge in [0, 0.05) is 22.3 Å². The number of nitrogens with zero attached hydrogens (tertiary/aromatic N) is 1. The molecule has 6 nitrogen and oxygen atoms in total. The molecule has 0 saturated carbocycles. The van der Waals surface area contributed by atoms with Gasteiger partial charge >= 0.3 is 0 Å².